The second-order valence-corrected chi connectivity index (χ2v) is 6.88. The normalized spacial score (nSPS) is 11.2. The largest absolute Gasteiger partial charge is 0.508 e. The Bertz CT molecular complexity index is 978. The van der Waals surface area contributed by atoms with Crippen LogP contribution >= 0.6 is 11.8 Å². The van der Waals surface area contributed by atoms with Gasteiger partial charge in [-0.05, 0) is 50.2 Å². The topological polar surface area (TPSA) is 72.2 Å². The Morgan fingerprint density at radius 1 is 1.16 bits per heavy atom. The summed E-state index contributed by atoms with van der Waals surface area (Å²) in [6, 6.07) is 13.3. The average molecular weight is 354 g/mol. The summed E-state index contributed by atoms with van der Waals surface area (Å²) in [6.45, 7) is 3.84. The molecule has 0 saturated carbocycles. The first-order valence-corrected chi connectivity index (χ1v) is 8.92. The number of hydrogen-bond acceptors (Lipinski definition) is 5. The van der Waals surface area contributed by atoms with Crippen LogP contribution in [0.3, 0.4) is 0 Å². The summed E-state index contributed by atoms with van der Waals surface area (Å²) in [5, 5.41) is 10.4. The highest BCUT2D eigenvalue weighted by molar-refractivity contribution is 7.99. The molecule has 5 nitrogen and oxygen atoms in total. The molecule has 0 bridgehead atoms. The third-order valence-corrected chi connectivity index (χ3v) is 4.77. The van der Waals surface area contributed by atoms with Crippen molar-refractivity contribution in [2.45, 2.75) is 25.0 Å². The number of phenolic OH excluding ortho intramolecular Hbond substituents is 1. The van der Waals surface area contributed by atoms with E-state index in [1.54, 1.807) is 28.8 Å². The average Bonchev–Trinajstić information content (AvgIpc) is 2.60. The number of aromatic hydroxyl groups is 1. The van der Waals surface area contributed by atoms with E-state index in [1.165, 1.54) is 23.9 Å². The number of carbonyl (C=O) groups excluding carboxylic acids is 1. The van der Waals surface area contributed by atoms with Crippen molar-refractivity contribution in [1.82, 2.24) is 9.55 Å². The van der Waals surface area contributed by atoms with Gasteiger partial charge in [0.25, 0.3) is 5.56 Å². The Labute approximate surface area is 149 Å². The van der Waals surface area contributed by atoms with E-state index in [4.69, 9.17) is 0 Å². The van der Waals surface area contributed by atoms with Crippen molar-refractivity contribution in [1.29, 1.82) is 0 Å². The smallest absolute Gasteiger partial charge is 0.262 e. The number of thioether (sulfide) groups is 1. The molecule has 3 rings (SSSR count). The summed E-state index contributed by atoms with van der Waals surface area (Å²) in [5.41, 5.74) is 1.05. The van der Waals surface area contributed by atoms with Gasteiger partial charge in [-0.3, -0.25) is 14.2 Å². The van der Waals surface area contributed by atoms with Gasteiger partial charge in [-0.2, -0.15) is 0 Å². The molecule has 0 unspecified atom stereocenters. The van der Waals surface area contributed by atoms with Gasteiger partial charge in [0.1, 0.15) is 5.75 Å². The van der Waals surface area contributed by atoms with Crippen LogP contribution in [0.2, 0.25) is 0 Å². The number of carbonyl (C=O) groups is 1. The van der Waals surface area contributed by atoms with Crippen molar-refractivity contribution >= 4 is 28.4 Å². The van der Waals surface area contributed by atoms with Gasteiger partial charge in [-0.25, -0.2) is 4.98 Å². The summed E-state index contributed by atoms with van der Waals surface area (Å²) < 4.78 is 1.62. The lowest BCUT2D eigenvalue weighted by atomic mass is 10.1. The molecule has 1 heterocycles. The lowest BCUT2D eigenvalue weighted by Gasteiger charge is -2.15. The predicted molar refractivity (Wildman–Crippen MR) is 99.5 cm³/mol. The summed E-state index contributed by atoms with van der Waals surface area (Å²) >= 11 is 1.25. The first-order chi connectivity index (χ1) is 12.0. The summed E-state index contributed by atoms with van der Waals surface area (Å²) in [5.74, 6) is 0.208. The van der Waals surface area contributed by atoms with Gasteiger partial charge in [-0.1, -0.05) is 23.9 Å². The van der Waals surface area contributed by atoms with E-state index < -0.39 is 0 Å². The molecule has 0 saturated heterocycles. The molecular weight excluding hydrogens is 336 g/mol. The highest BCUT2D eigenvalue weighted by Gasteiger charge is 2.15. The van der Waals surface area contributed by atoms with Crippen LogP contribution in [0.1, 0.15) is 30.2 Å². The number of hydrogen-bond donors (Lipinski definition) is 1. The zero-order valence-corrected chi connectivity index (χ0v) is 14.8. The maximum Gasteiger partial charge on any atom is 0.262 e. The minimum atomic E-state index is -0.0971. The minimum absolute atomic E-state index is 0.0594. The third-order valence-electron chi connectivity index (χ3n) is 3.81. The molecule has 0 spiro atoms. The Kier molecular flexibility index (Phi) is 4.90. The van der Waals surface area contributed by atoms with Gasteiger partial charge in [0.2, 0.25) is 0 Å². The van der Waals surface area contributed by atoms with Crippen LogP contribution in [-0.4, -0.2) is 26.2 Å². The Hall–Kier alpha value is -2.60. The maximum atomic E-state index is 12.7. The first kappa shape index (κ1) is 17.2. The lowest BCUT2D eigenvalue weighted by molar-refractivity contribution is 0.102. The second-order valence-electron chi connectivity index (χ2n) is 5.94. The van der Waals surface area contributed by atoms with Crippen molar-refractivity contribution in [3.63, 3.8) is 0 Å². The van der Waals surface area contributed by atoms with Crippen LogP contribution in [0.25, 0.3) is 10.9 Å². The molecule has 2 aromatic carbocycles. The van der Waals surface area contributed by atoms with Crippen LogP contribution in [0, 0.1) is 0 Å². The van der Waals surface area contributed by atoms with Crippen LogP contribution in [-0.2, 0) is 0 Å². The summed E-state index contributed by atoms with van der Waals surface area (Å²) in [7, 11) is 0. The number of para-hydroxylation sites is 1. The van der Waals surface area contributed by atoms with Gasteiger partial charge in [0, 0.05) is 11.6 Å². The van der Waals surface area contributed by atoms with Crippen molar-refractivity contribution in [3.8, 4) is 5.75 Å². The summed E-state index contributed by atoms with van der Waals surface area (Å²) in [6.07, 6.45) is 0. The molecule has 6 heteroatoms. The number of nitrogens with zero attached hydrogens (tertiary/aromatic N) is 2. The zero-order chi connectivity index (χ0) is 18.0. The molecule has 1 N–H and O–H groups in total. The molecule has 0 amide bonds. The predicted octanol–water partition coefficient (Wildman–Crippen LogP) is 3.66. The molecule has 25 heavy (non-hydrogen) atoms. The van der Waals surface area contributed by atoms with E-state index in [1.807, 2.05) is 26.0 Å². The number of benzene rings is 2. The highest BCUT2D eigenvalue weighted by atomic mass is 32.2. The maximum absolute atomic E-state index is 12.7. The zero-order valence-electron chi connectivity index (χ0n) is 14.0. The van der Waals surface area contributed by atoms with E-state index in [0.29, 0.717) is 21.6 Å². The number of ketones is 1. The van der Waals surface area contributed by atoms with E-state index >= 15 is 0 Å². The minimum Gasteiger partial charge on any atom is -0.508 e. The van der Waals surface area contributed by atoms with Crippen molar-refractivity contribution in [2.24, 2.45) is 0 Å². The highest BCUT2D eigenvalue weighted by Crippen LogP contribution is 2.22. The first-order valence-electron chi connectivity index (χ1n) is 7.93. The van der Waals surface area contributed by atoms with Gasteiger partial charge in [0.15, 0.2) is 10.9 Å². The van der Waals surface area contributed by atoms with E-state index in [-0.39, 0.29) is 28.9 Å². The Morgan fingerprint density at radius 3 is 2.52 bits per heavy atom. The monoisotopic (exact) mass is 354 g/mol. The fourth-order valence-corrected chi connectivity index (χ4v) is 3.57. The molecule has 0 radical (unpaired) electrons. The van der Waals surface area contributed by atoms with Gasteiger partial charge in [0.05, 0.1) is 16.7 Å². The molecule has 0 fully saturated rings. The molecule has 3 aromatic rings. The summed E-state index contributed by atoms with van der Waals surface area (Å²) in [4.78, 5) is 29.7. The molecule has 0 atom stereocenters. The molecule has 1 aromatic heterocycles. The fraction of sp³-hybridized carbons (Fsp3) is 0.211. The Balaban J connectivity index is 1.92. The number of rotatable bonds is 5. The molecule has 0 aliphatic heterocycles. The van der Waals surface area contributed by atoms with Crippen LogP contribution < -0.4 is 5.56 Å². The van der Waals surface area contributed by atoms with Gasteiger partial charge in [-0.15, -0.1) is 0 Å². The molecule has 0 aliphatic carbocycles. The lowest BCUT2D eigenvalue weighted by Crippen LogP contribution is -2.25. The number of phenols is 1. The van der Waals surface area contributed by atoms with E-state index in [9.17, 15) is 14.7 Å². The third kappa shape index (κ3) is 3.58. The van der Waals surface area contributed by atoms with Crippen molar-refractivity contribution in [2.75, 3.05) is 5.75 Å². The number of Topliss-reactive ketones (excluding diaryl/α,β-unsaturated/α-hetero) is 1. The number of aromatic nitrogens is 2. The van der Waals surface area contributed by atoms with Crippen molar-refractivity contribution in [3.05, 3.63) is 64.4 Å². The van der Waals surface area contributed by atoms with Crippen molar-refractivity contribution < 1.29 is 9.90 Å². The van der Waals surface area contributed by atoms with Crippen LogP contribution in [0.5, 0.6) is 5.75 Å². The second kappa shape index (κ2) is 7.11. The molecule has 0 aliphatic rings. The van der Waals surface area contributed by atoms with Crippen LogP contribution in [0.4, 0.5) is 0 Å². The van der Waals surface area contributed by atoms with E-state index in [2.05, 4.69) is 4.98 Å². The molecule has 128 valence electrons. The quantitative estimate of drug-likeness (QED) is 0.430. The fourth-order valence-electron chi connectivity index (χ4n) is 2.54. The number of fused-ring (bicyclic) bond motifs is 1. The van der Waals surface area contributed by atoms with E-state index in [0.717, 1.165) is 0 Å². The van der Waals surface area contributed by atoms with Gasteiger partial charge < -0.3 is 5.11 Å². The standard InChI is InChI=1S/C19H18N2O3S/c1-12(2)21-18(24)15-5-3-4-6-16(15)20-19(21)25-11-17(23)13-7-9-14(22)10-8-13/h3-10,12,22H,11H2,1-2H3. The van der Waals surface area contributed by atoms with Crippen LogP contribution in [0.15, 0.2) is 58.5 Å². The SMILES string of the molecule is CC(C)n1c(SCC(=O)c2ccc(O)cc2)nc2ccccc2c1=O. The molecular formula is C19H18N2O3S. The Morgan fingerprint density at radius 2 is 1.84 bits per heavy atom. The van der Waals surface area contributed by atoms with Gasteiger partial charge >= 0.3 is 0 Å².